The molecule has 1 fully saturated rings. The number of fused-ring (bicyclic) bond motifs is 5. The molecular formula is C34H37NO4. The Morgan fingerprint density at radius 3 is 2.49 bits per heavy atom. The lowest BCUT2D eigenvalue weighted by Gasteiger charge is -2.46. The van der Waals surface area contributed by atoms with Gasteiger partial charge in [0.15, 0.2) is 23.0 Å². The van der Waals surface area contributed by atoms with Crippen LogP contribution in [0.1, 0.15) is 71.5 Å². The van der Waals surface area contributed by atoms with Gasteiger partial charge >= 0.3 is 0 Å². The third-order valence-electron chi connectivity index (χ3n) is 9.15. The van der Waals surface area contributed by atoms with Crippen molar-refractivity contribution in [3.8, 4) is 23.0 Å². The molecule has 0 saturated heterocycles. The van der Waals surface area contributed by atoms with E-state index in [1.165, 1.54) is 64.8 Å². The van der Waals surface area contributed by atoms with Gasteiger partial charge in [0.25, 0.3) is 0 Å². The minimum absolute atomic E-state index is 0.277. The van der Waals surface area contributed by atoms with Gasteiger partial charge in [-0.3, -0.25) is 0 Å². The minimum Gasteiger partial charge on any atom is -0.493 e. The number of nitrogens with zero attached hydrogens (tertiary/aromatic N) is 1. The van der Waals surface area contributed by atoms with E-state index in [-0.39, 0.29) is 6.04 Å². The maximum Gasteiger partial charge on any atom is 0.231 e. The predicted octanol–water partition coefficient (Wildman–Crippen LogP) is 7.21. The molecule has 5 heteroatoms. The lowest BCUT2D eigenvalue weighted by atomic mass is 9.78. The summed E-state index contributed by atoms with van der Waals surface area (Å²) in [6.07, 6.45) is 11.7. The summed E-state index contributed by atoms with van der Waals surface area (Å²) in [4.78, 5) is 2.67. The summed E-state index contributed by atoms with van der Waals surface area (Å²) in [6, 6.07) is 17.7. The lowest BCUT2D eigenvalue weighted by Crippen LogP contribution is -2.39. The van der Waals surface area contributed by atoms with Crippen LogP contribution in [0.25, 0.3) is 11.8 Å². The molecule has 0 radical (unpaired) electrons. The van der Waals surface area contributed by atoms with E-state index in [1.54, 1.807) is 14.2 Å². The molecular weight excluding hydrogens is 486 g/mol. The van der Waals surface area contributed by atoms with Crippen molar-refractivity contribution in [3.05, 3.63) is 81.9 Å². The van der Waals surface area contributed by atoms with Gasteiger partial charge < -0.3 is 23.8 Å². The fraction of sp³-hybridized carbons (Fsp3) is 0.412. The number of hydrogen-bond acceptors (Lipinski definition) is 5. The molecule has 39 heavy (non-hydrogen) atoms. The van der Waals surface area contributed by atoms with Crippen LogP contribution in [0.4, 0.5) is 0 Å². The minimum atomic E-state index is 0.277. The van der Waals surface area contributed by atoms with Crippen LogP contribution in [-0.4, -0.2) is 32.5 Å². The Morgan fingerprint density at radius 1 is 0.923 bits per heavy atom. The normalized spacial score (nSPS) is 19.3. The van der Waals surface area contributed by atoms with Crippen LogP contribution in [-0.2, 0) is 19.3 Å². The van der Waals surface area contributed by atoms with E-state index in [0.29, 0.717) is 12.7 Å². The number of aryl methyl sites for hydroxylation is 2. The summed E-state index contributed by atoms with van der Waals surface area (Å²) in [5.41, 5.74) is 9.33. The van der Waals surface area contributed by atoms with Crippen molar-refractivity contribution in [1.82, 2.24) is 4.90 Å². The van der Waals surface area contributed by atoms with Crippen LogP contribution in [0, 0.1) is 5.92 Å². The first kappa shape index (κ1) is 24.4. The molecule has 5 nitrogen and oxygen atoms in total. The van der Waals surface area contributed by atoms with Gasteiger partial charge in [-0.2, -0.15) is 0 Å². The van der Waals surface area contributed by atoms with Crippen molar-refractivity contribution in [1.29, 1.82) is 0 Å². The third kappa shape index (κ3) is 4.23. The van der Waals surface area contributed by atoms with Gasteiger partial charge in [0, 0.05) is 23.4 Å². The molecule has 0 bridgehead atoms. The Kier molecular flexibility index (Phi) is 6.38. The largest absolute Gasteiger partial charge is 0.493 e. The third-order valence-corrected chi connectivity index (χ3v) is 9.15. The predicted molar refractivity (Wildman–Crippen MR) is 154 cm³/mol. The van der Waals surface area contributed by atoms with Gasteiger partial charge in [-0.25, -0.2) is 0 Å². The number of rotatable bonds is 7. The first-order valence-corrected chi connectivity index (χ1v) is 14.5. The molecule has 0 N–H and O–H groups in total. The number of methoxy groups -OCH3 is 2. The average molecular weight is 524 g/mol. The Morgan fingerprint density at radius 2 is 1.72 bits per heavy atom. The maximum atomic E-state index is 6.15. The van der Waals surface area contributed by atoms with Gasteiger partial charge in [0.2, 0.25) is 6.79 Å². The zero-order valence-electron chi connectivity index (χ0n) is 23.0. The zero-order valence-corrected chi connectivity index (χ0v) is 23.0. The Labute approximate surface area is 231 Å². The Balaban J connectivity index is 1.37. The molecule has 3 heterocycles. The topological polar surface area (TPSA) is 40.2 Å². The first-order chi connectivity index (χ1) is 19.2. The summed E-state index contributed by atoms with van der Waals surface area (Å²) in [5.74, 6) is 4.09. The van der Waals surface area contributed by atoms with Gasteiger partial charge in [-0.15, -0.1) is 0 Å². The molecule has 7 rings (SSSR count). The average Bonchev–Trinajstić information content (AvgIpc) is 3.67. The van der Waals surface area contributed by atoms with Crippen molar-refractivity contribution >= 4 is 11.8 Å². The highest BCUT2D eigenvalue weighted by Gasteiger charge is 2.42. The molecule has 0 spiro atoms. The Hall–Kier alpha value is -3.60. The van der Waals surface area contributed by atoms with Crippen LogP contribution in [0.5, 0.6) is 23.0 Å². The monoisotopic (exact) mass is 523 g/mol. The van der Waals surface area contributed by atoms with Crippen molar-refractivity contribution in [2.45, 2.75) is 57.4 Å². The summed E-state index contributed by atoms with van der Waals surface area (Å²) >= 11 is 0. The molecule has 1 atom stereocenters. The molecule has 1 aliphatic carbocycles. The summed E-state index contributed by atoms with van der Waals surface area (Å²) in [7, 11) is 3.57. The van der Waals surface area contributed by atoms with E-state index >= 15 is 0 Å². The van der Waals surface area contributed by atoms with Crippen molar-refractivity contribution < 1.29 is 18.9 Å². The van der Waals surface area contributed by atoms with E-state index in [9.17, 15) is 0 Å². The zero-order chi connectivity index (χ0) is 26.3. The van der Waals surface area contributed by atoms with E-state index in [2.05, 4.69) is 59.5 Å². The molecule has 0 aromatic heterocycles. The molecule has 1 saturated carbocycles. The molecule has 0 amide bonds. The lowest BCUT2D eigenvalue weighted by molar-refractivity contribution is 0.174. The maximum absolute atomic E-state index is 6.15. The molecule has 3 aromatic carbocycles. The number of benzene rings is 3. The number of ether oxygens (including phenoxy) is 4. The van der Waals surface area contributed by atoms with Crippen molar-refractivity contribution in [3.63, 3.8) is 0 Å². The Bertz CT molecular complexity index is 1410. The van der Waals surface area contributed by atoms with Gasteiger partial charge in [-0.1, -0.05) is 43.2 Å². The second kappa shape index (κ2) is 10.2. The fourth-order valence-corrected chi connectivity index (χ4v) is 7.34. The highest BCUT2D eigenvalue weighted by Crippen LogP contribution is 2.55. The highest BCUT2D eigenvalue weighted by atomic mass is 16.7. The van der Waals surface area contributed by atoms with Gasteiger partial charge in [0.05, 0.1) is 20.3 Å². The SMILES string of the molecule is COc1cc(CCCc2ccccc2)c2c(c1OC)[C@@H](C1CCCC1)N1CCc3cc4c(cc3C1=C2)OCO4. The second-order valence-electron chi connectivity index (χ2n) is 11.3. The standard InChI is InChI=1S/C34H37NO4/c1-36-31-18-24(14-8-11-22-9-4-3-5-10-22)27-19-28-26-20-30-29(38-21-39-30)17-25(26)15-16-35(28)33(23-12-6-7-13-23)32(27)34(31)37-2/h3-5,9-10,17-20,23,33H,6-8,11-16,21H2,1-2H3/t33-/m1/s1. The van der Waals surface area contributed by atoms with E-state index in [4.69, 9.17) is 18.9 Å². The van der Waals surface area contributed by atoms with E-state index in [0.717, 1.165) is 55.2 Å². The molecule has 3 aliphatic heterocycles. The highest BCUT2D eigenvalue weighted by molar-refractivity contribution is 5.89. The van der Waals surface area contributed by atoms with Gasteiger partial charge in [0.1, 0.15) is 0 Å². The van der Waals surface area contributed by atoms with Crippen molar-refractivity contribution in [2.24, 2.45) is 5.92 Å². The summed E-state index contributed by atoms with van der Waals surface area (Å²) in [6.45, 7) is 1.29. The van der Waals surface area contributed by atoms with Crippen LogP contribution >= 0.6 is 0 Å². The smallest absolute Gasteiger partial charge is 0.231 e. The summed E-state index contributed by atoms with van der Waals surface area (Å²) < 4.78 is 23.7. The fourth-order valence-electron chi connectivity index (χ4n) is 7.34. The van der Waals surface area contributed by atoms with Crippen molar-refractivity contribution in [2.75, 3.05) is 27.6 Å². The van der Waals surface area contributed by atoms with Gasteiger partial charge in [-0.05, 0) is 91.0 Å². The van der Waals surface area contributed by atoms with E-state index < -0.39 is 0 Å². The van der Waals surface area contributed by atoms with E-state index in [1.807, 2.05) is 0 Å². The molecule has 4 aliphatic rings. The van der Waals surface area contributed by atoms with Crippen LogP contribution < -0.4 is 18.9 Å². The molecule has 202 valence electrons. The van der Waals surface area contributed by atoms with Crippen LogP contribution in [0.15, 0.2) is 48.5 Å². The molecule has 0 unspecified atom stereocenters. The number of hydrogen-bond donors (Lipinski definition) is 0. The van der Waals surface area contributed by atoms with Crippen LogP contribution in [0.3, 0.4) is 0 Å². The second-order valence-corrected chi connectivity index (χ2v) is 11.3. The first-order valence-electron chi connectivity index (χ1n) is 14.5. The summed E-state index contributed by atoms with van der Waals surface area (Å²) in [5, 5.41) is 0. The van der Waals surface area contributed by atoms with Crippen LogP contribution in [0.2, 0.25) is 0 Å². The quantitative estimate of drug-likeness (QED) is 0.327. The molecule has 3 aromatic rings.